The van der Waals surface area contributed by atoms with Crippen LogP contribution in [0.15, 0.2) is 12.2 Å². The van der Waals surface area contributed by atoms with Gasteiger partial charge in [0.05, 0.1) is 12.3 Å². The van der Waals surface area contributed by atoms with Gasteiger partial charge in [-0.05, 0) is 0 Å². The SMILES string of the molecule is C=C(CP(=O)(OC)OC)CP(=O)(OC)OC. The van der Waals surface area contributed by atoms with Gasteiger partial charge in [0.2, 0.25) is 0 Å². The van der Waals surface area contributed by atoms with Crippen LogP contribution in [-0.4, -0.2) is 40.8 Å². The number of allylic oxidation sites excluding steroid dienone is 1. The maximum absolute atomic E-state index is 11.7. The molecule has 16 heavy (non-hydrogen) atoms. The van der Waals surface area contributed by atoms with E-state index in [1.807, 2.05) is 0 Å². The highest BCUT2D eigenvalue weighted by Gasteiger charge is 2.28. The van der Waals surface area contributed by atoms with Crippen LogP contribution in [0.2, 0.25) is 0 Å². The van der Waals surface area contributed by atoms with Gasteiger partial charge in [-0.15, -0.1) is 0 Å². The van der Waals surface area contributed by atoms with E-state index < -0.39 is 15.2 Å². The highest BCUT2D eigenvalue weighted by atomic mass is 31.2. The van der Waals surface area contributed by atoms with Crippen molar-refractivity contribution in [2.45, 2.75) is 0 Å². The summed E-state index contributed by atoms with van der Waals surface area (Å²) in [7, 11) is -1.23. The summed E-state index contributed by atoms with van der Waals surface area (Å²) in [5.74, 6) is 0. The third-order valence-electron chi connectivity index (χ3n) is 1.95. The molecule has 0 spiro atoms. The number of hydrogen-bond donors (Lipinski definition) is 0. The molecule has 8 heteroatoms. The molecule has 96 valence electrons. The van der Waals surface area contributed by atoms with Crippen LogP contribution < -0.4 is 0 Å². The maximum Gasteiger partial charge on any atom is 0.334 e. The topological polar surface area (TPSA) is 71.1 Å². The highest BCUT2D eigenvalue weighted by Crippen LogP contribution is 2.52. The second-order valence-electron chi connectivity index (χ2n) is 3.02. The minimum atomic E-state index is -3.18. The van der Waals surface area contributed by atoms with Crippen LogP contribution in [0.4, 0.5) is 0 Å². The van der Waals surface area contributed by atoms with Gasteiger partial charge in [-0.1, -0.05) is 12.2 Å². The lowest BCUT2D eigenvalue weighted by Gasteiger charge is -2.18. The van der Waals surface area contributed by atoms with Crippen molar-refractivity contribution in [2.75, 3.05) is 40.8 Å². The molecule has 0 aromatic carbocycles. The average Bonchev–Trinajstić information content (AvgIpc) is 2.28. The van der Waals surface area contributed by atoms with Crippen molar-refractivity contribution in [3.8, 4) is 0 Å². The molecule has 0 unspecified atom stereocenters. The second kappa shape index (κ2) is 6.70. The summed E-state index contributed by atoms with van der Waals surface area (Å²) in [6.07, 6.45) is -0.0343. The summed E-state index contributed by atoms with van der Waals surface area (Å²) in [5.41, 5.74) is 0.430. The molecule has 0 amide bonds. The van der Waals surface area contributed by atoms with Gasteiger partial charge in [-0.2, -0.15) is 0 Å². The summed E-state index contributed by atoms with van der Waals surface area (Å²) in [6, 6.07) is 0. The van der Waals surface area contributed by atoms with E-state index in [-0.39, 0.29) is 12.3 Å². The van der Waals surface area contributed by atoms with Crippen LogP contribution in [0.1, 0.15) is 0 Å². The molecule has 0 rings (SSSR count). The molecule has 0 aromatic heterocycles. The van der Waals surface area contributed by atoms with Crippen molar-refractivity contribution >= 4 is 15.2 Å². The average molecular weight is 272 g/mol. The van der Waals surface area contributed by atoms with E-state index in [1.54, 1.807) is 0 Å². The largest absolute Gasteiger partial charge is 0.334 e. The molecule has 0 aliphatic heterocycles. The van der Waals surface area contributed by atoms with E-state index in [0.717, 1.165) is 0 Å². The molecule has 0 aliphatic carbocycles. The van der Waals surface area contributed by atoms with Gasteiger partial charge in [0.1, 0.15) is 0 Å². The molecule has 0 radical (unpaired) electrons. The minimum Gasteiger partial charge on any atom is -0.312 e. The predicted molar refractivity (Wildman–Crippen MR) is 62.1 cm³/mol. The fraction of sp³-hybridized carbons (Fsp3) is 0.750. The fourth-order valence-corrected chi connectivity index (χ4v) is 3.31. The lowest BCUT2D eigenvalue weighted by Crippen LogP contribution is -2.03. The van der Waals surface area contributed by atoms with Crippen LogP contribution in [0.3, 0.4) is 0 Å². The Morgan fingerprint density at radius 1 is 0.875 bits per heavy atom. The normalized spacial score (nSPS) is 12.8. The Balaban J connectivity index is 4.50. The molecule has 0 aliphatic rings. The molecule has 0 saturated carbocycles. The molecule has 0 aromatic rings. The Morgan fingerprint density at radius 2 is 1.12 bits per heavy atom. The van der Waals surface area contributed by atoms with E-state index in [2.05, 4.69) is 6.58 Å². The Kier molecular flexibility index (Phi) is 6.71. The lowest BCUT2D eigenvalue weighted by molar-refractivity contribution is 0.275. The van der Waals surface area contributed by atoms with E-state index in [0.29, 0.717) is 5.57 Å². The standard InChI is InChI=1S/C8H18O6P2/c1-8(6-15(9,11-2)12-3)7-16(10,13-4)14-5/h1,6-7H2,2-5H3. The molecular formula is C8H18O6P2. The molecule has 0 atom stereocenters. The van der Waals surface area contributed by atoms with E-state index in [1.165, 1.54) is 28.4 Å². The zero-order valence-electron chi connectivity index (χ0n) is 9.97. The van der Waals surface area contributed by atoms with Gasteiger partial charge in [0.15, 0.2) is 0 Å². The van der Waals surface area contributed by atoms with Crippen molar-refractivity contribution in [1.29, 1.82) is 0 Å². The zero-order chi connectivity index (χ0) is 12.8. The van der Waals surface area contributed by atoms with Crippen LogP contribution in [0.25, 0.3) is 0 Å². The first-order valence-corrected chi connectivity index (χ1v) is 7.88. The van der Waals surface area contributed by atoms with E-state index in [9.17, 15) is 9.13 Å². The number of hydrogen-bond acceptors (Lipinski definition) is 6. The third-order valence-corrected chi connectivity index (χ3v) is 5.84. The predicted octanol–water partition coefficient (Wildman–Crippen LogP) is 2.51. The van der Waals surface area contributed by atoms with E-state index in [4.69, 9.17) is 18.1 Å². The zero-order valence-corrected chi connectivity index (χ0v) is 11.8. The van der Waals surface area contributed by atoms with Crippen molar-refractivity contribution in [3.05, 3.63) is 12.2 Å². The second-order valence-corrected chi connectivity index (χ2v) is 7.56. The summed E-state index contributed by atoms with van der Waals surface area (Å²) < 4.78 is 42.5. The minimum absolute atomic E-state index is 0.0172. The first-order valence-electron chi connectivity index (χ1n) is 4.42. The first kappa shape index (κ1) is 16.0. The molecule has 0 bridgehead atoms. The molecule has 6 nitrogen and oxygen atoms in total. The summed E-state index contributed by atoms with van der Waals surface area (Å²) in [5, 5.41) is 0. The van der Waals surface area contributed by atoms with Gasteiger partial charge in [0.25, 0.3) is 0 Å². The van der Waals surface area contributed by atoms with Gasteiger partial charge < -0.3 is 18.1 Å². The Hall–Kier alpha value is 0.0400. The summed E-state index contributed by atoms with van der Waals surface area (Å²) >= 11 is 0. The highest BCUT2D eigenvalue weighted by molar-refractivity contribution is 7.55. The third kappa shape index (κ3) is 4.91. The van der Waals surface area contributed by atoms with Crippen molar-refractivity contribution < 1.29 is 27.2 Å². The van der Waals surface area contributed by atoms with Crippen LogP contribution in [0.5, 0.6) is 0 Å². The van der Waals surface area contributed by atoms with E-state index >= 15 is 0 Å². The molecule has 0 fully saturated rings. The van der Waals surface area contributed by atoms with Crippen LogP contribution in [-0.2, 0) is 27.2 Å². The fourth-order valence-electron chi connectivity index (χ4n) is 1.00. The smallest absolute Gasteiger partial charge is 0.312 e. The number of rotatable bonds is 8. The van der Waals surface area contributed by atoms with Crippen molar-refractivity contribution in [1.82, 2.24) is 0 Å². The summed E-state index contributed by atoms with van der Waals surface area (Å²) in [6.45, 7) is 3.65. The van der Waals surface area contributed by atoms with Gasteiger partial charge in [0, 0.05) is 28.4 Å². The Labute approximate surface area is 96.0 Å². The summed E-state index contributed by atoms with van der Waals surface area (Å²) in [4.78, 5) is 0. The molecule has 0 N–H and O–H groups in total. The van der Waals surface area contributed by atoms with Crippen molar-refractivity contribution in [3.63, 3.8) is 0 Å². The monoisotopic (exact) mass is 272 g/mol. The Bertz CT molecular complexity index is 280. The van der Waals surface area contributed by atoms with Crippen molar-refractivity contribution in [2.24, 2.45) is 0 Å². The lowest BCUT2D eigenvalue weighted by atomic mass is 10.4. The first-order chi connectivity index (χ1) is 7.34. The van der Waals surface area contributed by atoms with Crippen LogP contribution in [0, 0.1) is 0 Å². The van der Waals surface area contributed by atoms with Gasteiger partial charge in [-0.25, -0.2) is 0 Å². The molecule has 0 saturated heterocycles. The maximum atomic E-state index is 11.7. The van der Waals surface area contributed by atoms with Gasteiger partial charge >= 0.3 is 15.2 Å². The quantitative estimate of drug-likeness (QED) is 0.499. The molecular weight excluding hydrogens is 254 g/mol. The Morgan fingerprint density at radius 3 is 1.31 bits per heavy atom. The van der Waals surface area contributed by atoms with Crippen LogP contribution >= 0.6 is 15.2 Å². The van der Waals surface area contributed by atoms with Gasteiger partial charge in [-0.3, -0.25) is 9.13 Å². The molecule has 0 heterocycles.